The lowest BCUT2D eigenvalue weighted by Gasteiger charge is -2.24. The summed E-state index contributed by atoms with van der Waals surface area (Å²) >= 11 is 0. The number of imidazole rings is 1. The molecule has 1 saturated heterocycles. The van der Waals surface area contributed by atoms with Gasteiger partial charge in [-0.2, -0.15) is 0 Å². The van der Waals surface area contributed by atoms with Gasteiger partial charge in [0.05, 0.1) is 14.2 Å². The molecule has 1 aromatic carbocycles. The van der Waals surface area contributed by atoms with Crippen molar-refractivity contribution in [2.45, 2.75) is 38.0 Å². The first-order valence-electron chi connectivity index (χ1n) is 8.68. The smallest absolute Gasteiger partial charge is 0.160 e. The number of nitrogens with one attached hydrogen (secondary N) is 1. The molecule has 0 bridgehead atoms. The average molecular weight is 345 g/mol. The zero-order chi connectivity index (χ0) is 17.8. The average Bonchev–Trinajstić information content (AvgIpc) is 3.23. The van der Waals surface area contributed by atoms with Gasteiger partial charge in [0.2, 0.25) is 0 Å². The summed E-state index contributed by atoms with van der Waals surface area (Å²) in [6.45, 7) is 2.96. The molecule has 0 saturated carbocycles. The largest absolute Gasteiger partial charge is 0.493 e. The number of hydrogen-bond acceptors (Lipinski definition) is 5. The third-order valence-corrected chi connectivity index (χ3v) is 4.69. The lowest BCUT2D eigenvalue weighted by molar-refractivity contribution is 0.0876. The maximum absolute atomic E-state index is 5.93. The molecule has 1 aliphatic rings. The first-order chi connectivity index (χ1) is 12.1. The number of ether oxygens (including phenoxy) is 3. The maximum Gasteiger partial charge on any atom is 0.160 e. The Labute approximate surface area is 149 Å². The number of nitrogens with zero attached hydrogens (tertiary/aromatic N) is 2. The molecule has 0 spiro atoms. The molecule has 1 aromatic heterocycles. The van der Waals surface area contributed by atoms with Gasteiger partial charge in [0.15, 0.2) is 11.5 Å². The standard InChI is InChI=1S/C19H27N3O3/c1-13(11-14-5-6-16(23-3)17(12-14)24-4)21-15-7-10-25-18(15)19-20-8-9-22(19)2/h5-6,8-9,12-13,15,18,21H,7,10-11H2,1-4H3/t13?,15-,18-/m0/s1. The third-order valence-electron chi connectivity index (χ3n) is 4.69. The fraction of sp³-hybridized carbons (Fsp3) is 0.526. The second-order valence-electron chi connectivity index (χ2n) is 6.54. The Morgan fingerprint density at radius 1 is 1.32 bits per heavy atom. The molecule has 1 fully saturated rings. The molecule has 136 valence electrons. The second kappa shape index (κ2) is 7.89. The lowest BCUT2D eigenvalue weighted by Crippen LogP contribution is -2.40. The van der Waals surface area contributed by atoms with Crippen LogP contribution in [0.4, 0.5) is 0 Å². The Hall–Kier alpha value is -2.05. The Morgan fingerprint density at radius 3 is 2.80 bits per heavy atom. The molecule has 0 radical (unpaired) electrons. The van der Waals surface area contributed by atoms with Crippen molar-refractivity contribution in [2.24, 2.45) is 7.05 Å². The quantitative estimate of drug-likeness (QED) is 0.835. The van der Waals surface area contributed by atoms with Crippen LogP contribution in [-0.4, -0.2) is 42.5 Å². The molecular formula is C19H27N3O3. The van der Waals surface area contributed by atoms with Gasteiger partial charge in [-0.15, -0.1) is 0 Å². The highest BCUT2D eigenvalue weighted by atomic mass is 16.5. The first-order valence-corrected chi connectivity index (χ1v) is 8.68. The van der Waals surface area contributed by atoms with Gasteiger partial charge in [-0.1, -0.05) is 6.07 Å². The normalized spacial score (nSPS) is 21.3. The van der Waals surface area contributed by atoms with E-state index in [0.717, 1.165) is 36.8 Å². The molecular weight excluding hydrogens is 318 g/mol. The molecule has 25 heavy (non-hydrogen) atoms. The van der Waals surface area contributed by atoms with Crippen molar-refractivity contribution in [1.82, 2.24) is 14.9 Å². The van der Waals surface area contributed by atoms with E-state index in [0.29, 0.717) is 6.04 Å². The van der Waals surface area contributed by atoms with Crippen LogP contribution in [0, 0.1) is 0 Å². The van der Waals surface area contributed by atoms with Crippen LogP contribution in [0.1, 0.15) is 30.8 Å². The van der Waals surface area contributed by atoms with Gasteiger partial charge in [0.25, 0.3) is 0 Å². The van der Waals surface area contributed by atoms with E-state index in [-0.39, 0.29) is 12.1 Å². The lowest BCUT2D eigenvalue weighted by atomic mass is 10.0. The van der Waals surface area contributed by atoms with E-state index < -0.39 is 0 Å². The minimum atomic E-state index is 0.00727. The van der Waals surface area contributed by atoms with E-state index >= 15 is 0 Å². The van der Waals surface area contributed by atoms with Gasteiger partial charge in [0, 0.05) is 38.1 Å². The number of hydrogen-bond donors (Lipinski definition) is 1. The number of aryl methyl sites for hydroxylation is 1. The molecule has 3 rings (SSSR count). The second-order valence-corrected chi connectivity index (χ2v) is 6.54. The van der Waals surface area contributed by atoms with Gasteiger partial charge in [-0.25, -0.2) is 4.98 Å². The molecule has 2 heterocycles. The van der Waals surface area contributed by atoms with Gasteiger partial charge in [-0.05, 0) is 37.5 Å². The highest BCUT2D eigenvalue weighted by Crippen LogP contribution is 2.30. The topological polar surface area (TPSA) is 57.5 Å². The van der Waals surface area contributed by atoms with Gasteiger partial charge in [0.1, 0.15) is 11.9 Å². The van der Waals surface area contributed by atoms with Crippen molar-refractivity contribution in [1.29, 1.82) is 0 Å². The van der Waals surface area contributed by atoms with Crippen LogP contribution in [-0.2, 0) is 18.2 Å². The summed E-state index contributed by atoms with van der Waals surface area (Å²) in [5.41, 5.74) is 1.21. The minimum Gasteiger partial charge on any atom is -0.493 e. The highest BCUT2D eigenvalue weighted by Gasteiger charge is 2.33. The van der Waals surface area contributed by atoms with Crippen LogP contribution in [0.25, 0.3) is 0 Å². The summed E-state index contributed by atoms with van der Waals surface area (Å²) < 4.78 is 18.7. The highest BCUT2D eigenvalue weighted by molar-refractivity contribution is 5.43. The van der Waals surface area contributed by atoms with Crippen molar-refractivity contribution >= 4 is 0 Å². The molecule has 2 aromatic rings. The van der Waals surface area contributed by atoms with E-state index in [1.54, 1.807) is 14.2 Å². The van der Waals surface area contributed by atoms with Crippen molar-refractivity contribution in [3.63, 3.8) is 0 Å². The van der Waals surface area contributed by atoms with Gasteiger partial charge >= 0.3 is 0 Å². The number of methoxy groups -OCH3 is 2. The molecule has 6 heteroatoms. The molecule has 6 nitrogen and oxygen atoms in total. The number of benzene rings is 1. The summed E-state index contributed by atoms with van der Waals surface area (Å²) in [4.78, 5) is 4.45. The fourth-order valence-electron chi connectivity index (χ4n) is 3.45. The van der Waals surface area contributed by atoms with Crippen molar-refractivity contribution in [3.8, 4) is 11.5 Å². The maximum atomic E-state index is 5.93. The monoisotopic (exact) mass is 345 g/mol. The predicted molar refractivity (Wildman–Crippen MR) is 96.2 cm³/mol. The molecule has 0 aliphatic carbocycles. The van der Waals surface area contributed by atoms with Gasteiger partial charge in [-0.3, -0.25) is 0 Å². The number of rotatable bonds is 7. The summed E-state index contributed by atoms with van der Waals surface area (Å²) in [5.74, 6) is 2.50. The molecule has 3 atom stereocenters. The van der Waals surface area contributed by atoms with Crippen LogP contribution < -0.4 is 14.8 Å². The zero-order valence-electron chi connectivity index (χ0n) is 15.4. The molecule has 0 amide bonds. The number of aromatic nitrogens is 2. The zero-order valence-corrected chi connectivity index (χ0v) is 15.4. The summed E-state index contributed by atoms with van der Waals surface area (Å²) in [6, 6.07) is 6.67. The first kappa shape index (κ1) is 17.8. The van der Waals surface area contributed by atoms with Crippen molar-refractivity contribution in [3.05, 3.63) is 42.0 Å². The van der Waals surface area contributed by atoms with Crippen molar-refractivity contribution < 1.29 is 14.2 Å². The van der Waals surface area contributed by atoms with E-state index in [2.05, 4.69) is 23.3 Å². The van der Waals surface area contributed by atoms with E-state index in [1.165, 1.54) is 5.56 Å². The van der Waals surface area contributed by atoms with Crippen molar-refractivity contribution in [2.75, 3.05) is 20.8 Å². The Kier molecular flexibility index (Phi) is 5.60. The van der Waals surface area contributed by atoms with Crippen LogP contribution in [0.2, 0.25) is 0 Å². The SMILES string of the molecule is COc1ccc(CC(C)N[C@H]2CCO[C@@H]2c2nccn2C)cc1OC. The minimum absolute atomic E-state index is 0.00727. The Bertz CT molecular complexity index is 701. The Morgan fingerprint density at radius 2 is 2.12 bits per heavy atom. The van der Waals surface area contributed by atoms with Crippen LogP contribution in [0.15, 0.2) is 30.6 Å². The van der Waals surface area contributed by atoms with E-state index in [9.17, 15) is 0 Å². The van der Waals surface area contributed by atoms with E-state index in [1.807, 2.05) is 36.1 Å². The summed E-state index contributed by atoms with van der Waals surface area (Å²) in [6.07, 6.45) is 5.69. The van der Waals surface area contributed by atoms with Crippen LogP contribution in [0.5, 0.6) is 11.5 Å². The van der Waals surface area contributed by atoms with E-state index in [4.69, 9.17) is 14.2 Å². The summed E-state index contributed by atoms with van der Waals surface area (Å²) in [7, 11) is 5.32. The molecule has 1 aliphatic heterocycles. The van der Waals surface area contributed by atoms with Gasteiger partial charge < -0.3 is 24.1 Å². The predicted octanol–water partition coefficient (Wildman–Crippen LogP) is 2.49. The fourth-order valence-corrected chi connectivity index (χ4v) is 3.45. The molecule has 1 unspecified atom stereocenters. The third kappa shape index (κ3) is 3.96. The van der Waals surface area contributed by atoms with Crippen LogP contribution >= 0.6 is 0 Å². The molecule has 1 N–H and O–H groups in total. The van der Waals surface area contributed by atoms with Crippen LogP contribution in [0.3, 0.4) is 0 Å². The Balaban J connectivity index is 1.64. The summed E-state index contributed by atoms with van der Waals surface area (Å²) in [5, 5.41) is 3.71.